The lowest BCUT2D eigenvalue weighted by molar-refractivity contribution is -0.152. The van der Waals surface area contributed by atoms with Crippen LogP contribution in [-0.4, -0.2) is 29.5 Å². The van der Waals surface area contributed by atoms with Crippen molar-refractivity contribution in [2.75, 3.05) is 6.54 Å². The molecular weight excluding hydrogens is 358 g/mol. The molecule has 0 aliphatic rings. The Hall–Kier alpha value is -3.15. The topological polar surface area (TPSA) is 92.7 Å². The number of carbonyl (C=O) groups excluding carboxylic acids is 2. The second kappa shape index (κ2) is 10.9. The van der Waals surface area contributed by atoms with E-state index in [2.05, 4.69) is 11.9 Å². The van der Waals surface area contributed by atoms with E-state index in [1.165, 1.54) is 6.08 Å². The maximum atomic E-state index is 12.1. The number of rotatable bonds is 11. The van der Waals surface area contributed by atoms with E-state index in [0.29, 0.717) is 25.8 Å². The highest BCUT2D eigenvalue weighted by Crippen LogP contribution is 2.18. The Morgan fingerprint density at radius 3 is 2.57 bits per heavy atom. The highest BCUT2D eigenvalue weighted by Gasteiger charge is 2.21. The quantitative estimate of drug-likeness (QED) is 0.352. The lowest BCUT2D eigenvalue weighted by atomic mass is 9.98. The zero-order valence-corrected chi connectivity index (χ0v) is 15.7. The van der Waals surface area contributed by atoms with Crippen molar-refractivity contribution in [2.24, 2.45) is 5.92 Å². The summed E-state index contributed by atoms with van der Waals surface area (Å²) in [6, 6.07) is 13.7. The highest BCUT2D eigenvalue weighted by atomic mass is 16.5. The van der Waals surface area contributed by atoms with E-state index in [1.54, 1.807) is 0 Å². The number of hydrogen-bond acceptors (Lipinski definition) is 4. The highest BCUT2D eigenvalue weighted by molar-refractivity contribution is 5.86. The normalized spacial score (nSPS) is 11.6. The van der Waals surface area contributed by atoms with E-state index >= 15 is 0 Å². The molecule has 2 aromatic rings. The molecule has 0 aliphatic carbocycles. The van der Waals surface area contributed by atoms with Crippen LogP contribution >= 0.6 is 0 Å². The Morgan fingerprint density at radius 1 is 1.11 bits per heavy atom. The largest absolute Gasteiger partial charge is 0.481 e. The van der Waals surface area contributed by atoms with Crippen LogP contribution in [0.4, 0.5) is 0 Å². The summed E-state index contributed by atoms with van der Waals surface area (Å²) in [6.07, 6.45) is 2.60. The van der Waals surface area contributed by atoms with Gasteiger partial charge in [0.25, 0.3) is 0 Å². The summed E-state index contributed by atoms with van der Waals surface area (Å²) >= 11 is 0. The molecule has 0 fully saturated rings. The second-order valence-corrected chi connectivity index (χ2v) is 6.57. The molecule has 28 heavy (non-hydrogen) atoms. The number of unbranched alkanes of at least 4 members (excludes halogenated alkanes) is 1. The van der Waals surface area contributed by atoms with Crippen molar-refractivity contribution in [3.8, 4) is 0 Å². The zero-order valence-electron chi connectivity index (χ0n) is 15.7. The number of carboxylic acids is 1. The van der Waals surface area contributed by atoms with E-state index in [0.717, 1.165) is 16.3 Å². The molecule has 6 nitrogen and oxygen atoms in total. The molecule has 148 valence electrons. The molecule has 6 heteroatoms. The van der Waals surface area contributed by atoms with Gasteiger partial charge in [0, 0.05) is 6.54 Å². The minimum atomic E-state index is -1.02. The summed E-state index contributed by atoms with van der Waals surface area (Å²) in [6.45, 7) is 3.92. The Balaban J connectivity index is 1.77. The van der Waals surface area contributed by atoms with Crippen molar-refractivity contribution < 1.29 is 24.2 Å². The summed E-state index contributed by atoms with van der Waals surface area (Å²) in [4.78, 5) is 34.5. The number of carbonyl (C=O) groups is 3. The molecule has 0 radical (unpaired) electrons. The zero-order chi connectivity index (χ0) is 20.4. The van der Waals surface area contributed by atoms with Crippen LogP contribution in [0.25, 0.3) is 10.8 Å². The average Bonchev–Trinajstić information content (AvgIpc) is 2.70. The van der Waals surface area contributed by atoms with Crippen LogP contribution in [0.3, 0.4) is 0 Å². The monoisotopic (exact) mass is 383 g/mol. The van der Waals surface area contributed by atoms with Crippen LogP contribution < -0.4 is 5.32 Å². The van der Waals surface area contributed by atoms with Gasteiger partial charge in [0.2, 0.25) is 5.91 Å². The van der Waals surface area contributed by atoms with Crippen LogP contribution in [-0.2, 0) is 25.7 Å². The first-order valence-corrected chi connectivity index (χ1v) is 9.26. The smallest absolute Gasteiger partial charge is 0.307 e. The van der Waals surface area contributed by atoms with Crippen LogP contribution in [0.15, 0.2) is 55.1 Å². The summed E-state index contributed by atoms with van der Waals surface area (Å²) in [7, 11) is 0. The van der Waals surface area contributed by atoms with Crippen LogP contribution in [0.2, 0.25) is 0 Å². The molecular formula is C22H25NO5. The first-order chi connectivity index (χ1) is 13.5. The molecule has 1 amide bonds. The van der Waals surface area contributed by atoms with Gasteiger partial charge < -0.3 is 15.2 Å². The first kappa shape index (κ1) is 21.2. The van der Waals surface area contributed by atoms with Crippen molar-refractivity contribution in [3.63, 3.8) is 0 Å². The predicted octanol–water partition coefficient (Wildman–Crippen LogP) is 3.45. The second-order valence-electron chi connectivity index (χ2n) is 6.57. The van der Waals surface area contributed by atoms with Crippen LogP contribution in [0, 0.1) is 5.92 Å². The van der Waals surface area contributed by atoms with Gasteiger partial charge in [-0.15, -0.1) is 0 Å². The van der Waals surface area contributed by atoms with Gasteiger partial charge in [-0.05, 0) is 41.3 Å². The summed E-state index contributed by atoms with van der Waals surface area (Å²) in [5.41, 5.74) is 0.858. The fraction of sp³-hybridized carbons (Fsp3) is 0.318. The molecule has 0 aromatic heterocycles. The van der Waals surface area contributed by atoms with Crippen LogP contribution in [0.5, 0.6) is 0 Å². The van der Waals surface area contributed by atoms with Gasteiger partial charge in [-0.3, -0.25) is 14.4 Å². The fourth-order valence-electron chi connectivity index (χ4n) is 2.86. The van der Waals surface area contributed by atoms with E-state index < -0.39 is 17.9 Å². The molecule has 0 bridgehead atoms. The molecule has 0 spiro atoms. The number of nitrogens with one attached hydrogen (secondary N) is 1. The van der Waals surface area contributed by atoms with E-state index in [-0.39, 0.29) is 18.9 Å². The van der Waals surface area contributed by atoms with E-state index in [1.807, 2.05) is 42.5 Å². The first-order valence-electron chi connectivity index (χ1n) is 9.26. The number of amides is 1. The van der Waals surface area contributed by atoms with Crippen molar-refractivity contribution in [1.29, 1.82) is 0 Å². The molecule has 0 saturated carbocycles. The number of esters is 1. The number of ether oxygens (including phenoxy) is 1. The van der Waals surface area contributed by atoms with Crippen molar-refractivity contribution in [3.05, 3.63) is 60.7 Å². The van der Waals surface area contributed by atoms with Gasteiger partial charge in [0.05, 0.1) is 12.3 Å². The van der Waals surface area contributed by atoms with Gasteiger partial charge >= 0.3 is 11.9 Å². The SMILES string of the molecule is C=CC(=O)NCCCC[C@H](CC(=O)OCc1ccc2ccccc2c1)C(=O)O. The Bertz CT molecular complexity index is 846. The van der Waals surface area contributed by atoms with Gasteiger partial charge in [-0.2, -0.15) is 0 Å². The molecule has 0 unspecified atom stereocenters. The Labute approximate surface area is 164 Å². The molecule has 2 N–H and O–H groups in total. The minimum absolute atomic E-state index is 0.115. The third-order valence-corrected chi connectivity index (χ3v) is 4.44. The Morgan fingerprint density at radius 2 is 1.86 bits per heavy atom. The molecule has 0 heterocycles. The number of hydrogen-bond donors (Lipinski definition) is 2. The van der Waals surface area contributed by atoms with E-state index in [4.69, 9.17) is 4.74 Å². The molecule has 2 aromatic carbocycles. The van der Waals surface area contributed by atoms with Crippen molar-refractivity contribution in [2.45, 2.75) is 32.3 Å². The summed E-state index contributed by atoms with van der Waals surface area (Å²) < 4.78 is 5.26. The molecule has 2 rings (SSSR count). The van der Waals surface area contributed by atoms with Crippen molar-refractivity contribution in [1.82, 2.24) is 5.32 Å². The summed E-state index contributed by atoms with van der Waals surface area (Å²) in [5.74, 6) is -2.59. The van der Waals surface area contributed by atoms with Gasteiger partial charge in [-0.1, -0.05) is 49.4 Å². The third-order valence-electron chi connectivity index (χ3n) is 4.44. The third kappa shape index (κ3) is 6.87. The number of benzene rings is 2. The maximum absolute atomic E-state index is 12.1. The lowest BCUT2D eigenvalue weighted by Gasteiger charge is -2.12. The van der Waals surface area contributed by atoms with Gasteiger partial charge in [0.1, 0.15) is 6.61 Å². The van der Waals surface area contributed by atoms with Crippen LogP contribution in [0.1, 0.15) is 31.2 Å². The standard InChI is InChI=1S/C22H25NO5/c1-2-20(24)23-12-6-5-9-19(22(26)27)14-21(25)28-15-16-10-11-17-7-3-4-8-18(17)13-16/h2-4,7-8,10-11,13,19H,1,5-6,9,12,14-15H2,(H,23,24)(H,26,27)/t19-/m1/s1. The number of aliphatic carboxylic acids is 1. The maximum Gasteiger partial charge on any atom is 0.307 e. The van der Waals surface area contributed by atoms with Crippen molar-refractivity contribution >= 4 is 28.6 Å². The number of fused-ring (bicyclic) bond motifs is 1. The average molecular weight is 383 g/mol. The minimum Gasteiger partial charge on any atom is -0.481 e. The fourth-order valence-corrected chi connectivity index (χ4v) is 2.86. The van der Waals surface area contributed by atoms with Gasteiger partial charge in [-0.25, -0.2) is 0 Å². The Kier molecular flexibility index (Phi) is 8.21. The predicted molar refractivity (Wildman–Crippen MR) is 107 cm³/mol. The molecule has 0 saturated heterocycles. The summed E-state index contributed by atoms with van der Waals surface area (Å²) in [5, 5.41) is 14.1. The lowest BCUT2D eigenvalue weighted by Crippen LogP contribution is -2.23. The van der Waals surface area contributed by atoms with Gasteiger partial charge in [0.15, 0.2) is 0 Å². The molecule has 1 atom stereocenters. The molecule has 0 aliphatic heterocycles. The number of carboxylic acid groups (broad SMARTS) is 1. The van der Waals surface area contributed by atoms with E-state index in [9.17, 15) is 19.5 Å².